The highest BCUT2D eigenvalue weighted by molar-refractivity contribution is 5.01. The van der Waals surface area contributed by atoms with Gasteiger partial charge >= 0.3 is 0 Å². The molecule has 2 heteroatoms. The summed E-state index contributed by atoms with van der Waals surface area (Å²) in [5.41, 5.74) is 0.130. The third kappa shape index (κ3) is 1.62. The van der Waals surface area contributed by atoms with Gasteiger partial charge in [-0.25, -0.2) is 0 Å². The van der Waals surface area contributed by atoms with E-state index in [2.05, 4.69) is 18.7 Å². The van der Waals surface area contributed by atoms with E-state index in [1.54, 1.807) is 0 Å². The minimum Gasteiger partial charge on any atom is -0.391 e. The highest BCUT2D eigenvalue weighted by atomic mass is 16.3. The van der Waals surface area contributed by atoms with E-state index in [1.807, 2.05) is 0 Å². The van der Waals surface area contributed by atoms with Gasteiger partial charge in [-0.05, 0) is 43.4 Å². The van der Waals surface area contributed by atoms with Crippen molar-refractivity contribution in [3.63, 3.8) is 0 Å². The zero-order valence-corrected chi connectivity index (χ0v) is 10.7. The Labute approximate surface area is 99.0 Å². The number of aliphatic hydroxyl groups is 1. The van der Waals surface area contributed by atoms with Gasteiger partial charge in [-0.2, -0.15) is 0 Å². The third-order valence-corrected chi connectivity index (χ3v) is 5.36. The van der Waals surface area contributed by atoms with Gasteiger partial charge in [0, 0.05) is 18.6 Å². The second-order valence-corrected chi connectivity index (χ2v) is 6.92. The van der Waals surface area contributed by atoms with Crippen LogP contribution in [0.25, 0.3) is 0 Å². The molecule has 2 aliphatic carbocycles. The average molecular weight is 223 g/mol. The Balaban J connectivity index is 1.74. The largest absolute Gasteiger partial charge is 0.391 e. The summed E-state index contributed by atoms with van der Waals surface area (Å²) in [6, 6.07) is 1.26. The van der Waals surface area contributed by atoms with Crippen LogP contribution in [0.3, 0.4) is 0 Å². The van der Waals surface area contributed by atoms with E-state index in [4.69, 9.17) is 0 Å². The van der Waals surface area contributed by atoms with Crippen molar-refractivity contribution >= 4 is 0 Å². The lowest BCUT2D eigenvalue weighted by molar-refractivity contribution is -0.0651. The molecule has 3 fully saturated rings. The summed E-state index contributed by atoms with van der Waals surface area (Å²) in [5.74, 6) is 0.947. The van der Waals surface area contributed by atoms with Gasteiger partial charge < -0.3 is 5.11 Å². The third-order valence-electron chi connectivity index (χ3n) is 5.36. The molecule has 3 aliphatic rings. The first-order valence-corrected chi connectivity index (χ1v) is 7.02. The van der Waals surface area contributed by atoms with E-state index in [9.17, 15) is 5.11 Å². The molecule has 0 aromatic rings. The quantitative estimate of drug-likeness (QED) is 0.738. The normalized spacial score (nSPS) is 47.4. The number of rotatable bonds is 1. The van der Waals surface area contributed by atoms with E-state index in [1.165, 1.54) is 45.1 Å². The SMILES string of the molecule is CC1(C)CCCC(N2CC3CCC2C3)C1O. The molecule has 1 heterocycles. The summed E-state index contributed by atoms with van der Waals surface area (Å²) in [6.07, 6.45) is 7.81. The van der Waals surface area contributed by atoms with E-state index in [-0.39, 0.29) is 11.5 Å². The summed E-state index contributed by atoms with van der Waals surface area (Å²) in [5, 5.41) is 10.5. The molecule has 1 aliphatic heterocycles. The lowest BCUT2D eigenvalue weighted by Crippen LogP contribution is -2.54. The fraction of sp³-hybridized carbons (Fsp3) is 1.00. The molecular formula is C14H25NO. The van der Waals surface area contributed by atoms with Gasteiger partial charge in [0.2, 0.25) is 0 Å². The predicted octanol–water partition coefficient (Wildman–Crippen LogP) is 2.41. The van der Waals surface area contributed by atoms with E-state index < -0.39 is 0 Å². The van der Waals surface area contributed by atoms with E-state index >= 15 is 0 Å². The second-order valence-electron chi connectivity index (χ2n) is 6.92. The van der Waals surface area contributed by atoms with Crippen LogP contribution >= 0.6 is 0 Å². The smallest absolute Gasteiger partial charge is 0.0746 e. The molecule has 4 atom stereocenters. The Morgan fingerprint density at radius 2 is 2.00 bits per heavy atom. The van der Waals surface area contributed by atoms with Crippen LogP contribution < -0.4 is 0 Å². The molecule has 0 spiro atoms. The molecule has 0 aromatic heterocycles. The molecule has 3 rings (SSSR count). The van der Waals surface area contributed by atoms with Crippen molar-refractivity contribution < 1.29 is 5.11 Å². The summed E-state index contributed by atoms with van der Waals surface area (Å²) >= 11 is 0. The number of hydrogen-bond donors (Lipinski definition) is 1. The van der Waals surface area contributed by atoms with Crippen LogP contribution in [0.15, 0.2) is 0 Å². The lowest BCUT2D eigenvalue weighted by atomic mass is 9.72. The Morgan fingerprint density at radius 3 is 2.62 bits per heavy atom. The minimum atomic E-state index is -0.111. The van der Waals surface area contributed by atoms with Gasteiger partial charge in [-0.3, -0.25) is 4.90 Å². The average Bonchev–Trinajstić information content (AvgIpc) is 2.83. The van der Waals surface area contributed by atoms with Crippen LogP contribution in [0.5, 0.6) is 0 Å². The minimum absolute atomic E-state index is 0.111. The van der Waals surface area contributed by atoms with Crippen LogP contribution in [-0.2, 0) is 0 Å². The van der Waals surface area contributed by atoms with E-state index in [0.717, 1.165) is 12.0 Å². The Hall–Kier alpha value is -0.0800. The maximum atomic E-state index is 10.5. The molecule has 1 saturated heterocycles. The first-order chi connectivity index (χ1) is 7.58. The number of fused-ring (bicyclic) bond motifs is 2. The number of likely N-dealkylation sites (tertiary alicyclic amines) is 1. The maximum Gasteiger partial charge on any atom is 0.0746 e. The molecule has 2 bridgehead atoms. The molecule has 2 saturated carbocycles. The maximum absolute atomic E-state index is 10.5. The molecule has 4 unspecified atom stereocenters. The van der Waals surface area contributed by atoms with Crippen molar-refractivity contribution in [3.05, 3.63) is 0 Å². The van der Waals surface area contributed by atoms with Crippen molar-refractivity contribution in [2.45, 2.75) is 70.6 Å². The van der Waals surface area contributed by atoms with Crippen molar-refractivity contribution in [3.8, 4) is 0 Å². The molecule has 1 N–H and O–H groups in total. The van der Waals surface area contributed by atoms with Gasteiger partial charge in [-0.15, -0.1) is 0 Å². The molecule has 0 amide bonds. The van der Waals surface area contributed by atoms with Crippen molar-refractivity contribution in [2.75, 3.05) is 6.54 Å². The van der Waals surface area contributed by atoms with Crippen molar-refractivity contribution in [1.29, 1.82) is 0 Å². The standard InChI is InChI=1S/C14H25NO/c1-14(2)7-3-4-12(13(14)16)15-9-10-5-6-11(15)8-10/h10-13,16H,3-9H2,1-2H3. The fourth-order valence-corrected chi connectivity index (χ4v) is 4.31. The first-order valence-electron chi connectivity index (χ1n) is 7.02. The van der Waals surface area contributed by atoms with Gasteiger partial charge in [0.15, 0.2) is 0 Å². The monoisotopic (exact) mass is 223 g/mol. The van der Waals surface area contributed by atoms with Crippen molar-refractivity contribution in [1.82, 2.24) is 4.90 Å². The fourth-order valence-electron chi connectivity index (χ4n) is 4.31. The van der Waals surface area contributed by atoms with Gasteiger partial charge in [0.1, 0.15) is 0 Å². The molecule has 0 radical (unpaired) electrons. The second kappa shape index (κ2) is 3.71. The molecule has 16 heavy (non-hydrogen) atoms. The first kappa shape index (κ1) is 11.0. The van der Waals surface area contributed by atoms with Crippen LogP contribution in [0.2, 0.25) is 0 Å². The molecular weight excluding hydrogens is 198 g/mol. The zero-order valence-electron chi connectivity index (χ0n) is 10.7. The Kier molecular flexibility index (Phi) is 2.56. The Morgan fingerprint density at radius 1 is 1.19 bits per heavy atom. The van der Waals surface area contributed by atoms with Crippen LogP contribution in [0.4, 0.5) is 0 Å². The number of aliphatic hydroxyl groups excluding tert-OH is 1. The van der Waals surface area contributed by atoms with Gasteiger partial charge in [-0.1, -0.05) is 20.3 Å². The van der Waals surface area contributed by atoms with Crippen LogP contribution in [-0.4, -0.2) is 34.7 Å². The van der Waals surface area contributed by atoms with Gasteiger partial charge in [0.05, 0.1) is 6.10 Å². The molecule has 2 nitrogen and oxygen atoms in total. The van der Waals surface area contributed by atoms with Crippen molar-refractivity contribution in [2.24, 2.45) is 11.3 Å². The number of nitrogens with zero attached hydrogens (tertiary/aromatic N) is 1. The Bertz CT molecular complexity index is 276. The van der Waals surface area contributed by atoms with Crippen LogP contribution in [0, 0.1) is 11.3 Å². The van der Waals surface area contributed by atoms with Crippen LogP contribution in [0.1, 0.15) is 52.4 Å². The number of hydrogen-bond acceptors (Lipinski definition) is 2. The molecule has 92 valence electrons. The highest BCUT2D eigenvalue weighted by Gasteiger charge is 2.47. The predicted molar refractivity (Wildman–Crippen MR) is 65.3 cm³/mol. The van der Waals surface area contributed by atoms with Gasteiger partial charge in [0.25, 0.3) is 0 Å². The number of piperidine rings is 1. The summed E-state index contributed by atoms with van der Waals surface area (Å²) in [6.45, 7) is 5.73. The zero-order chi connectivity index (χ0) is 11.3. The topological polar surface area (TPSA) is 23.5 Å². The summed E-state index contributed by atoms with van der Waals surface area (Å²) in [7, 11) is 0. The molecule has 0 aromatic carbocycles. The highest BCUT2D eigenvalue weighted by Crippen LogP contribution is 2.44. The summed E-state index contributed by atoms with van der Waals surface area (Å²) in [4.78, 5) is 2.65. The van der Waals surface area contributed by atoms with E-state index in [0.29, 0.717) is 6.04 Å². The lowest BCUT2D eigenvalue weighted by Gasteiger charge is -2.47. The summed E-state index contributed by atoms with van der Waals surface area (Å²) < 4.78 is 0.